The summed E-state index contributed by atoms with van der Waals surface area (Å²) in [5.41, 5.74) is 3.59. The lowest BCUT2D eigenvalue weighted by molar-refractivity contribution is -0.134. The Balaban J connectivity index is 2.19. The first-order valence-electron chi connectivity index (χ1n) is 11.7. The van der Waals surface area contributed by atoms with Crippen molar-refractivity contribution in [1.29, 1.82) is 0 Å². The molecule has 0 spiro atoms. The summed E-state index contributed by atoms with van der Waals surface area (Å²) < 4.78 is 7.33. The predicted molar refractivity (Wildman–Crippen MR) is 132 cm³/mol. The molecule has 7 nitrogen and oxygen atoms in total. The van der Waals surface area contributed by atoms with Crippen molar-refractivity contribution in [2.75, 3.05) is 40.9 Å². The monoisotopic (exact) mass is 456 g/mol. The molecule has 3 amide bonds. The molecule has 182 valence electrons. The molecule has 1 aromatic heterocycles. The average Bonchev–Trinajstić information content (AvgIpc) is 3.23. The number of methoxy groups -OCH3 is 1. The van der Waals surface area contributed by atoms with Gasteiger partial charge >= 0.3 is 6.03 Å². The highest BCUT2D eigenvalue weighted by molar-refractivity contribution is 5.84. The zero-order valence-corrected chi connectivity index (χ0v) is 21.1. The molecule has 7 heteroatoms. The van der Waals surface area contributed by atoms with Gasteiger partial charge in [0.25, 0.3) is 0 Å². The van der Waals surface area contributed by atoms with E-state index >= 15 is 0 Å². The van der Waals surface area contributed by atoms with Gasteiger partial charge < -0.3 is 24.0 Å². The second-order valence-corrected chi connectivity index (χ2v) is 8.78. The third kappa shape index (κ3) is 7.63. The fourth-order valence-electron chi connectivity index (χ4n) is 3.78. The summed E-state index contributed by atoms with van der Waals surface area (Å²) in [7, 11) is 5.06. The molecule has 0 aliphatic heterocycles. The largest absolute Gasteiger partial charge is 0.385 e. The Morgan fingerprint density at radius 2 is 1.85 bits per heavy atom. The number of carbonyl (C=O) groups is 2. The number of carbonyl (C=O) groups excluding carboxylic acids is 2. The van der Waals surface area contributed by atoms with Crippen LogP contribution in [0.25, 0.3) is 0 Å². The first-order valence-corrected chi connectivity index (χ1v) is 11.7. The Kier molecular flexibility index (Phi) is 10.5. The normalized spacial score (nSPS) is 11.8. The molecule has 1 unspecified atom stereocenters. The minimum atomic E-state index is -0.161. The van der Waals surface area contributed by atoms with Crippen LogP contribution in [0.15, 0.2) is 42.6 Å². The van der Waals surface area contributed by atoms with Crippen molar-refractivity contribution in [2.45, 2.75) is 52.7 Å². The smallest absolute Gasteiger partial charge is 0.319 e. The van der Waals surface area contributed by atoms with Crippen molar-refractivity contribution in [3.63, 3.8) is 0 Å². The molecule has 1 atom stereocenters. The van der Waals surface area contributed by atoms with Gasteiger partial charge in [-0.05, 0) is 49.9 Å². The van der Waals surface area contributed by atoms with Gasteiger partial charge in [-0.25, -0.2) is 4.79 Å². The molecule has 33 heavy (non-hydrogen) atoms. The van der Waals surface area contributed by atoms with E-state index < -0.39 is 0 Å². The maximum Gasteiger partial charge on any atom is 0.319 e. The lowest BCUT2D eigenvalue weighted by Crippen LogP contribution is -2.48. The quantitative estimate of drug-likeness (QED) is 0.454. The molecule has 0 bridgehead atoms. The summed E-state index contributed by atoms with van der Waals surface area (Å²) in [6, 6.07) is 12.4. The van der Waals surface area contributed by atoms with Gasteiger partial charge in [-0.2, -0.15) is 0 Å². The van der Waals surface area contributed by atoms with Gasteiger partial charge in [0.05, 0.1) is 6.54 Å². The van der Waals surface area contributed by atoms with Gasteiger partial charge in [0.15, 0.2) is 0 Å². The fourth-order valence-corrected chi connectivity index (χ4v) is 3.78. The Labute approximate surface area is 198 Å². The second kappa shape index (κ2) is 13.0. The van der Waals surface area contributed by atoms with Crippen molar-refractivity contribution in [1.82, 2.24) is 19.3 Å². The van der Waals surface area contributed by atoms with E-state index in [1.807, 2.05) is 17.0 Å². The van der Waals surface area contributed by atoms with Crippen molar-refractivity contribution in [2.24, 2.45) is 0 Å². The summed E-state index contributed by atoms with van der Waals surface area (Å²) in [5.74, 6) is -0.0411. The van der Waals surface area contributed by atoms with Gasteiger partial charge in [-0.3, -0.25) is 4.79 Å². The van der Waals surface area contributed by atoms with Crippen LogP contribution >= 0.6 is 0 Å². The molecule has 1 aromatic carbocycles. The highest BCUT2D eigenvalue weighted by atomic mass is 16.5. The number of ether oxygens (including phenoxy) is 1. The molecule has 0 N–H and O–H groups in total. The van der Waals surface area contributed by atoms with Crippen molar-refractivity contribution in [3.05, 3.63) is 59.4 Å². The van der Waals surface area contributed by atoms with E-state index in [-0.39, 0.29) is 24.5 Å². The number of aromatic nitrogens is 1. The Morgan fingerprint density at radius 1 is 1.12 bits per heavy atom. The lowest BCUT2D eigenvalue weighted by atomic mass is 10.1. The van der Waals surface area contributed by atoms with Crippen LogP contribution in [0.5, 0.6) is 0 Å². The van der Waals surface area contributed by atoms with Gasteiger partial charge in [0.1, 0.15) is 6.54 Å². The van der Waals surface area contributed by atoms with Crippen LogP contribution in [0.1, 0.15) is 43.5 Å². The van der Waals surface area contributed by atoms with E-state index in [0.29, 0.717) is 26.1 Å². The number of hydrogen-bond donors (Lipinski definition) is 0. The molecule has 2 aromatic rings. The Hall–Kier alpha value is -2.80. The summed E-state index contributed by atoms with van der Waals surface area (Å²) in [5, 5.41) is 0. The summed E-state index contributed by atoms with van der Waals surface area (Å²) in [4.78, 5) is 31.1. The van der Waals surface area contributed by atoms with Crippen LogP contribution in [-0.2, 0) is 22.6 Å². The molecular formula is C26H40N4O3. The van der Waals surface area contributed by atoms with Gasteiger partial charge in [-0.15, -0.1) is 0 Å². The number of nitrogens with zero attached hydrogens (tertiary/aromatic N) is 4. The number of amides is 3. The third-order valence-corrected chi connectivity index (χ3v) is 6.06. The Bertz CT molecular complexity index is 893. The van der Waals surface area contributed by atoms with E-state index in [9.17, 15) is 9.59 Å². The van der Waals surface area contributed by atoms with Gasteiger partial charge in [0.2, 0.25) is 5.91 Å². The number of hydrogen-bond acceptors (Lipinski definition) is 3. The van der Waals surface area contributed by atoms with Crippen LogP contribution in [0.2, 0.25) is 0 Å². The number of rotatable bonds is 12. The summed E-state index contributed by atoms with van der Waals surface area (Å²) in [6.45, 7) is 8.63. The predicted octanol–water partition coefficient (Wildman–Crippen LogP) is 3.99. The lowest BCUT2D eigenvalue weighted by Gasteiger charge is -2.33. The zero-order valence-electron chi connectivity index (χ0n) is 21.1. The summed E-state index contributed by atoms with van der Waals surface area (Å²) in [6.07, 6.45) is 3.59. The van der Waals surface area contributed by atoms with Crippen LogP contribution < -0.4 is 0 Å². The molecule has 0 aliphatic carbocycles. The zero-order chi connectivity index (χ0) is 24.4. The highest BCUT2D eigenvalue weighted by Gasteiger charge is 2.25. The molecule has 2 rings (SSSR count). The first-order chi connectivity index (χ1) is 15.8. The second-order valence-electron chi connectivity index (χ2n) is 8.78. The van der Waals surface area contributed by atoms with E-state index in [1.165, 1.54) is 16.0 Å². The molecule has 0 saturated carbocycles. The molecule has 0 aliphatic rings. The maximum atomic E-state index is 13.4. The topological polar surface area (TPSA) is 58.0 Å². The van der Waals surface area contributed by atoms with E-state index in [1.54, 1.807) is 26.1 Å². The van der Waals surface area contributed by atoms with E-state index in [4.69, 9.17) is 4.74 Å². The van der Waals surface area contributed by atoms with E-state index in [0.717, 1.165) is 18.7 Å². The van der Waals surface area contributed by atoms with Gasteiger partial charge in [0, 0.05) is 58.8 Å². The van der Waals surface area contributed by atoms with Gasteiger partial charge in [-0.1, -0.05) is 31.2 Å². The van der Waals surface area contributed by atoms with Crippen LogP contribution in [-0.4, -0.2) is 78.1 Å². The Morgan fingerprint density at radius 3 is 2.48 bits per heavy atom. The number of aryl methyl sites for hydroxylation is 1. The molecule has 0 radical (unpaired) electrons. The van der Waals surface area contributed by atoms with Crippen molar-refractivity contribution >= 4 is 11.9 Å². The van der Waals surface area contributed by atoms with Crippen LogP contribution in [0.3, 0.4) is 0 Å². The maximum absolute atomic E-state index is 13.4. The minimum Gasteiger partial charge on any atom is -0.385 e. The fraction of sp³-hybridized carbons (Fsp3) is 0.538. The minimum absolute atomic E-state index is 0.0411. The van der Waals surface area contributed by atoms with Crippen LogP contribution in [0, 0.1) is 6.92 Å². The van der Waals surface area contributed by atoms with Crippen molar-refractivity contribution in [3.8, 4) is 0 Å². The van der Waals surface area contributed by atoms with Crippen LogP contribution in [0.4, 0.5) is 4.79 Å². The average molecular weight is 457 g/mol. The van der Waals surface area contributed by atoms with E-state index in [2.05, 4.69) is 55.8 Å². The highest BCUT2D eigenvalue weighted by Crippen LogP contribution is 2.16. The first kappa shape index (κ1) is 26.5. The third-order valence-electron chi connectivity index (χ3n) is 6.06. The molecule has 1 heterocycles. The molecular weight excluding hydrogens is 416 g/mol. The molecule has 0 fully saturated rings. The standard InChI is InChI=1S/C26H40N4O3/c1-7-22(3)30(25(31)20-29(16-11-17-33-6)26(32)27(4)5)19-24-14-10-15-28(24)18-23-13-9-8-12-21(23)2/h8-10,12-15,22H,7,11,16-20H2,1-6H3. The number of benzene rings is 1. The molecule has 0 saturated heterocycles. The SMILES string of the molecule is CCC(C)N(Cc1cccn1Cc1ccccc1C)C(=O)CN(CCCOC)C(=O)N(C)C. The summed E-state index contributed by atoms with van der Waals surface area (Å²) >= 11 is 0. The number of urea groups is 1. The van der Waals surface area contributed by atoms with Crippen molar-refractivity contribution < 1.29 is 14.3 Å².